The van der Waals surface area contributed by atoms with E-state index in [0.29, 0.717) is 17.0 Å². The Balaban J connectivity index is 1.69. The fourth-order valence-electron chi connectivity index (χ4n) is 1.77. The fraction of sp³-hybridized carbons (Fsp3) is 0.0667. The summed E-state index contributed by atoms with van der Waals surface area (Å²) in [6.07, 6.45) is 4.02. The molecule has 2 aromatic heterocycles. The maximum atomic E-state index is 13.5. The molecule has 2 heterocycles. The number of carbonyl (C=O) groups excluding carboxylic acids is 1. The van der Waals surface area contributed by atoms with Gasteiger partial charge in [0.2, 0.25) is 0 Å². The van der Waals surface area contributed by atoms with E-state index in [1.807, 2.05) is 0 Å². The Kier molecular flexibility index (Phi) is 3.96. The summed E-state index contributed by atoms with van der Waals surface area (Å²) in [5.74, 6) is -0.487. The van der Waals surface area contributed by atoms with Gasteiger partial charge in [-0.25, -0.2) is 14.4 Å². The number of hydrogen-bond donors (Lipinski definition) is 1. The number of anilines is 1. The summed E-state index contributed by atoms with van der Waals surface area (Å²) in [7, 11) is 0. The average Bonchev–Trinajstić information content (AvgIpc) is 2.98. The smallest absolute Gasteiger partial charge is 0.322 e. The van der Waals surface area contributed by atoms with Crippen molar-refractivity contribution in [3.05, 3.63) is 60.0 Å². The lowest BCUT2D eigenvalue weighted by molar-refractivity contribution is 0.102. The monoisotopic (exact) mass is 314 g/mol. The molecule has 0 saturated carbocycles. The summed E-state index contributed by atoms with van der Waals surface area (Å²) in [4.78, 5) is 19.8. The number of aromatic nitrogens is 3. The number of aryl methyl sites for hydroxylation is 1. The molecule has 0 bridgehead atoms. The van der Waals surface area contributed by atoms with Crippen molar-refractivity contribution in [2.24, 2.45) is 0 Å². The van der Waals surface area contributed by atoms with Gasteiger partial charge in [0.1, 0.15) is 11.3 Å². The van der Waals surface area contributed by atoms with E-state index in [-0.39, 0.29) is 11.8 Å². The highest BCUT2D eigenvalue weighted by atomic mass is 19.1. The van der Waals surface area contributed by atoms with Crippen LogP contribution in [0, 0.1) is 12.7 Å². The van der Waals surface area contributed by atoms with Crippen LogP contribution in [-0.4, -0.2) is 21.0 Å². The van der Waals surface area contributed by atoms with E-state index in [2.05, 4.69) is 20.4 Å². The summed E-state index contributed by atoms with van der Waals surface area (Å²) in [6.45, 7) is 1.63. The van der Waals surface area contributed by atoms with Gasteiger partial charge in [0.25, 0.3) is 5.91 Å². The maximum Gasteiger partial charge on any atom is 0.322 e. The molecule has 3 rings (SSSR count). The molecule has 1 aromatic carbocycles. The van der Waals surface area contributed by atoms with Crippen molar-refractivity contribution in [3.8, 4) is 11.8 Å². The van der Waals surface area contributed by atoms with Crippen molar-refractivity contribution in [3.63, 3.8) is 0 Å². The standard InChI is InChI=1S/C15H11FN4O3/c1-9-11(8-19-23-9)14(21)20-10-6-17-15(18-7-10)22-13-5-3-2-4-12(13)16/h2-8H,1H3,(H,20,21). The minimum Gasteiger partial charge on any atom is -0.421 e. The first-order chi connectivity index (χ1) is 11.1. The quantitative estimate of drug-likeness (QED) is 0.796. The van der Waals surface area contributed by atoms with Gasteiger partial charge >= 0.3 is 6.01 Å². The Morgan fingerprint density at radius 3 is 2.61 bits per heavy atom. The second-order valence-corrected chi connectivity index (χ2v) is 4.54. The van der Waals surface area contributed by atoms with E-state index in [4.69, 9.17) is 9.26 Å². The second kappa shape index (κ2) is 6.22. The summed E-state index contributed by atoms with van der Waals surface area (Å²) in [6, 6.07) is 5.88. The molecule has 0 saturated heterocycles. The molecular weight excluding hydrogens is 303 g/mol. The summed E-state index contributed by atoms with van der Waals surface area (Å²) < 4.78 is 23.5. The van der Waals surface area contributed by atoms with Crippen LogP contribution in [0.3, 0.4) is 0 Å². The number of rotatable bonds is 4. The van der Waals surface area contributed by atoms with Gasteiger partial charge < -0.3 is 14.6 Å². The Hall–Kier alpha value is -3.29. The molecule has 3 aromatic rings. The third-order valence-corrected chi connectivity index (χ3v) is 2.92. The highest BCUT2D eigenvalue weighted by Crippen LogP contribution is 2.21. The van der Waals surface area contributed by atoms with Crippen LogP contribution in [0.25, 0.3) is 0 Å². The van der Waals surface area contributed by atoms with Crippen LogP contribution < -0.4 is 10.1 Å². The zero-order valence-electron chi connectivity index (χ0n) is 12.0. The van der Waals surface area contributed by atoms with Crippen molar-refractivity contribution in [2.75, 3.05) is 5.32 Å². The summed E-state index contributed by atoms with van der Waals surface area (Å²) >= 11 is 0. The normalized spacial score (nSPS) is 10.3. The molecule has 0 aliphatic carbocycles. The van der Waals surface area contributed by atoms with Crippen molar-refractivity contribution in [1.82, 2.24) is 15.1 Å². The van der Waals surface area contributed by atoms with E-state index in [1.54, 1.807) is 19.1 Å². The third kappa shape index (κ3) is 3.31. The Labute approximate surface area is 130 Å². The molecule has 0 fully saturated rings. The van der Waals surface area contributed by atoms with Crippen LogP contribution in [0.1, 0.15) is 16.1 Å². The van der Waals surface area contributed by atoms with Crippen LogP contribution in [-0.2, 0) is 0 Å². The molecule has 0 aliphatic heterocycles. The van der Waals surface area contributed by atoms with E-state index in [0.717, 1.165) is 0 Å². The van der Waals surface area contributed by atoms with E-state index in [1.165, 1.54) is 30.7 Å². The lowest BCUT2D eigenvalue weighted by Gasteiger charge is -2.06. The van der Waals surface area contributed by atoms with Crippen molar-refractivity contribution >= 4 is 11.6 Å². The molecule has 0 radical (unpaired) electrons. The Morgan fingerprint density at radius 1 is 1.22 bits per heavy atom. The first-order valence-electron chi connectivity index (χ1n) is 6.60. The minimum atomic E-state index is -0.517. The predicted octanol–water partition coefficient (Wildman–Crippen LogP) is 2.96. The molecule has 8 heteroatoms. The highest BCUT2D eigenvalue weighted by molar-refractivity contribution is 6.04. The molecule has 7 nitrogen and oxygen atoms in total. The third-order valence-electron chi connectivity index (χ3n) is 2.92. The molecule has 0 spiro atoms. The maximum absolute atomic E-state index is 13.5. The molecule has 1 amide bonds. The zero-order valence-corrected chi connectivity index (χ0v) is 12.0. The van der Waals surface area contributed by atoms with Gasteiger partial charge in [-0.05, 0) is 19.1 Å². The Morgan fingerprint density at radius 2 is 1.96 bits per heavy atom. The largest absolute Gasteiger partial charge is 0.421 e. The number of nitrogens with zero attached hydrogens (tertiary/aromatic N) is 3. The fourth-order valence-corrected chi connectivity index (χ4v) is 1.77. The van der Waals surface area contributed by atoms with Crippen LogP contribution in [0.5, 0.6) is 11.8 Å². The van der Waals surface area contributed by atoms with Gasteiger partial charge in [-0.15, -0.1) is 0 Å². The lowest BCUT2D eigenvalue weighted by atomic mass is 10.2. The molecule has 0 aliphatic rings. The Bertz CT molecular complexity index is 833. The number of para-hydroxylation sites is 1. The van der Waals surface area contributed by atoms with Gasteiger partial charge in [-0.3, -0.25) is 4.79 Å². The first-order valence-corrected chi connectivity index (χ1v) is 6.60. The lowest BCUT2D eigenvalue weighted by Crippen LogP contribution is -2.12. The molecular formula is C15H11FN4O3. The van der Waals surface area contributed by atoms with Crippen molar-refractivity contribution in [1.29, 1.82) is 0 Å². The van der Waals surface area contributed by atoms with Crippen molar-refractivity contribution < 1.29 is 18.4 Å². The van der Waals surface area contributed by atoms with Crippen LogP contribution in [0.15, 0.2) is 47.4 Å². The molecule has 1 N–H and O–H groups in total. The van der Waals surface area contributed by atoms with E-state index in [9.17, 15) is 9.18 Å². The van der Waals surface area contributed by atoms with Gasteiger partial charge in [0, 0.05) is 0 Å². The second-order valence-electron chi connectivity index (χ2n) is 4.54. The van der Waals surface area contributed by atoms with E-state index >= 15 is 0 Å². The summed E-state index contributed by atoms with van der Waals surface area (Å²) in [5, 5.41) is 6.13. The molecule has 0 atom stereocenters. The average molecular weight is 314 g/mol. The van der Waals surface area contributed by atoms with Crippen LogP contribution >= 0.6 is 0 Å². The van der Waals surface area contributed by atoms with Crippen LogP contribution in [0.4, 0.5) is 10.1 Å². The molecule has 116 valence electrons. The summed E-state index contributed by atoms with van der Waals surface area (Å²) in [5.41, 5.74) is 0.674. The van der Waals surface area contributed by atoms with Crippen LogP contribution in [0.2, 0.25) is 0 Å². The highest BCUT2D eigenvalue weighted by Gasteiger charge is 2.13. The zero-order chi connectivity index (χ0) is 16.2. The number of amides is 1. The number of ether oxygens (including phenoxy) is 1. The number of nitrogens with one attached hydrogen (secondary N) is 1. The molecule has 23 heavy (non-hydrogen) atoms. The van der Waals surface area contributed by atoms with Gasteiger partial charge in [0.15, 0.2) is 11.6 Å². The van der Waals surface area contributed by atoms with E-state index < -0.39 is 11.7 Å². The number of benzene rings is 1. The van der Waals surface area contributed by atoms with Gasteiger partial charge in [-0.1, -0.05) is 17.3 Å². The topological polar surface area (TPSA) is 90.1 Å². The minimum absolute atomic E-state index is 0.0179. The number of hydrogen-bond acceptors (Lipinski definition) is 6. The first kappa shape index (κ1) is 14.6. The number of halogens is 1. The number of carbonyl (C=O) groups is 1. The molecule has 0 unspecified atom stereocenters. The SMILES string of the molecule is Cc1oncc1C(=O)Nc1cnc(Oc2ccccc2F)nc1. The van der Waals surface area contributed by atoms with Gasteiger partial charge in [-0.2, -0.15) is 0 Å². The van der Waals surface area contributed by atoms with Gasteiger partial charge in [0.05, 0.1) is 24.3 Å². The predicted molar refractivity (Wildman–Crippen MR) is 77.7 cm³/mol. The van der Waals surface area contributed by atoms with Crippen molar-refractivity contribution in [2.45, 2.75) is 6.92 Å².